The number of benzene rings is 1. The standard InChI is InChI=1S/C16H20BrN3/c1-2-5-15-13-10-18-9-8-16(13)20(19-15)11-12-6-3-4-7-14(12)17/h3-4,6-7,18H,2,5,8-11H2,1H3. The van der Waals surface area contributed by atoms with Crippen molar-refractivity contribution in [3.63, 3.8) is 0 Å². The summed E-state index contributed by atoms with van der Waals surface area (Å²) in [7, 11) is 0. The molecular formula is C16H20BrN3. The van der Waals surface area contributed by atoms with E-state index in [1.165, 1.54) is 22.5 Å². The van der Waals surface area contributed by atoms with Gasteiger partial charge in [0.1, 0.15) is 0 Å². The number of halogens is 1. The van der Waals surface area contributed by atoms with Crippen LogP contribution in [0.1, 0.15) is 35.9 Å². The Balaban J connectivity index is 1.95. The lowest BCUT2D eigenvalue weighted by atomic mass is 10.0. The van der Waals surface area contributed by atoms with Crippen LogP contribution in [0.2, 0.25) is 0 Å². The summed E-state index contributed by atoms with van der Waals surface area (Å²) < 4.78 is 3.37. The number of fused-ring (bicyclic) bond motifs is 1. The molecule has 20 heavy (non-hydrogen) atoms. The summed E-state index contributed by atoms with van der Waals surface area (Å²) in [5.41, 5.74) is 5.43. The summed E-state index contributed by atoms with van der Waals surface area (Å²) in [4.78, 5) is 0. The van der Waals surface area contributed by atoms with Crippen molar-refractivity contribution in [3.05, 3.63) is 51.3 Å². The van der Waals surface area contributed by atoms with Gasteiger partial charge in [0.05, 0.1) is 12.2 Å². The van der Waals surface area contributed by atoms with Gasteiger partial charge >= 0.3 is 0 Å². The molecule has 2 aromatic rings. The van der Waals surface area contributed by atoms with Crippen LogP contribution in [0.3, 0.4) is 0 Å². The van der Waals surface area contributed by atoms with E-state index in [-0.39, 0.29) is 0 Å². The second kappa shape index (κ2) is 6.10. The van der Waals surface area contributed by atoms with Crippen molar-refractivity contribution >= 4 is 15.9 Å². The van der Waals surface area contributed by atoms with Crippen LogP contribution >= 0.6 is 15.9 Å². The van der Waals surface area contributed by atoms with Gasteiger partial charge in [0.15, 0.2) is 0 Å². The predicted octanol–water partition coefficient (Wildman–Crippen LogP) is 3.29. The molecule has 3 rings (SSSR count). The number of hydrogen-bond donors (Lipinski definition) is 1. The van der Waals surface area contributed by atoms with Gasteiger partial charge in [-0.2, -0.15) is 5.10 Å². The van der Waals surface area contributed by atoms with Gasteiger partial charge in [-0.25, -0.2) is 0 Å². The van der Waals surface area contributed by atoms with Gasteiger partial charge in [-0.3, -0.25) is 4.68 Å². The number of rotatable bonds is 4. The maximum Gasteiger partial charge on any atom is 0.0673 e. The first-order valence-corrected chi connectivity index (χ1v) is 8.10. The van der Waals surface area contributed by atoms with Gasteiger partial charge in [-0.15, -0.1) is 0 Å². The molecule has 4 heteroatoms. The first kappa shape index (κ1) is 13.8. The molecular weight excluding hydrogens is 314 g/mol. The Bertz CT molecular complexity index is 604. The number of aromatic nitrogens is 2. The minimum Gasteiger partial charge on any atom is -0.312 e. The van der Waals surface area contributed by atoms with E-state index >= 15 is 0 Å². The van der Waals surface area contributed by atoms with Crippen molar-refractivity contribution in [2.75, 3.05) is 6.54 Å². The van der Waals surface area contributed by atoms with Crippen molar-refractivity contribution in [1.82, 2.24) is 15.1 Å². The van der Waals surface area contributed by atoms with Crippen molar-refractivity contribution < 1.29 is 0 Å². The maximum atomic E-state index is 4.87. The van der Waals surface area contributed by atoms with Gasteiger partial charge < -0.3 is 5.32 Å². The molecule has 1 aromatic heterocycles. The zero-order valence-electron chi connectivity index (χ0n) is 11.8. The predicted molar refractivity (Wildman–Crippen MR) is 84.9 cm³/mol. The van der Waals surface area contributed by atoms with E-state index in [0.717, 1.165) is 43.4 Å². The zero-order chi connectivity index (χ0) is 13.9. The fourth-order valence-corrected chi connectivity index (χ4v) is 3.26. The third-order valence-electron chi connectivity index (χ3n) is 3.85. The SMILES string of the molecule is CCCc1nn(Cc2ccccc2Br)c2c1CNCC2. The zero-order valence-corrected chi connectivity index (χ0v) is 13.4. The van der Waals surface area contributed by atoms with E-state index in [4.69, 9.17) is 5.10 Å². The van der Waals surface area contributed by atoms with Crippen molar-refractivity contribution in [1.29, 1.82) is 0 Å². The first-order chi connectivity index (χ1) is 9.79. The minimum atomic E-state index is 0.855. The molecule has 3 nitrogen and oxygen atoms in total. The van der Waals surface area contributed by atoms with Crippen LogP contribution in [-0.2, 0) is 25.9 Å². The quantitative estimate of drug-likeness (QED) is 0.930. The summed E-state index contributed by atoms with van der Waals surface area (Å²) in [5.74, 6) is 0. The third-order valence-corrected chi connectivity index (χ3v) is 4.63. The Labute approximate surface area is 128 Å². The first-order valence-electron chi connectivity index (χ1n) is 7.31. The Morgan fingerprint density at radius 2 is 2.20 bits per heavy atom. The monoisotopic (exact) mass is 333 g/mol. The number of nitrogens with one attached hydrogen (secondary N) is 1. The lowest BCUT2D eigenvalue weighted by Gasteiger charge is -2.16. The fourth-order valence-electron chi connectivity index (χ4n) is 2.85. The average Bonchev–Trinajstić information content (AvgIpc) is 2.81. The molecule has 1 N–H and O–H groups in total. The topological polar surface area (TPSA) is 29.9 Å². The Morgan fingerprint density at radius 3 is 3.00 bits per heavy atom. The molecule has 0 fully saturated rings. The van der Waals surface area contributed by atoms with E-state index in [1.807, 2.05) is 0 Å². The Hall–Kier alpha value is -1.13. The molecule has 0 bridgehead atoms. The molecule has 0 unspecified atom stereocenters. The Kier molecular flexibility index (Phi) is 4.22. The van der Waals surface area contributed by atoms with Gasteiger partial charge in [0.2, 0.25) is 0 Å². The van der Waals surface area contributed by atoms with Crippen LogP contribution in [0.25, 0.3) is 0 Å². The largest absolute Gasteiger partial charge is 0.312 e. The molecule has 106 valence electrons. The van der Waals surface area contributed by atoms with E-state index in [2.05, 4.69) is 57.1 Å². The lowest BCUT2D eigenvalue weighted by molar-refractivity contribution is 0.581. The number of hydrogen-bond acceptors (Lipinski definition) is 2. The summed E-state index contributed by atoms with van der Waals surface area (Å²) in [6.45, 7) is 5.10. The Morgan fingerprint density at radius 1 is 1.35 bits per heavy atom. The molecule has 0 spiro atoms. The van der Waals surface area contributed by atoms with Crippen LogP contribution in [-0.4, -0.2) is 16.3 Å². The summed E-state index contributed by atoms with van der Waals surface area (Å²) >= 11 is 3.63. The second-order valence-corrected chi connectivity index (χ2v) is 6.15. The highest BCUT2D eigenvalue weighted by Crippen LogP contribution is 2.23. The molecule has 0 atom stereocenters. The molecule has 0 aliphatic carbocycles. The molecule has 1 aliphatic rings. The van der Waals surface area contributed by atoms with Crippen LogP contribution in [0.5, 0.6) is 0 Å². The van der Waals surface area contributed by atoms with Crippen LogP contribution in [0.15, 0.2) is 28.7 Å². The third kappa shape index (κ3) is 2.67. The van der Waals surface area contributed by atoms with Gasteiger partial charge in [-0.05, 0) is 18.1 Å². The molecule has 0 radical (unpaired) electrons. The minimum absolute atomic E-state index is 0.855. The van der Waals surface area contributed by atoms with Crippen LogP contribution < -0.4 is 5.32 Å². The number of nitrogens with zero attached hydrogens (tertiary/aromatic N) is 2. The summed E-state index contributed by atoms with van der Waals surface area (Å²) in [6.07, 6.45) is 3.31. The van der Waals surface area contributed by atoms with E-state index < -0.39 is 0 Å². The van der Waals surface area contributed by atoms with Gasteiger partial charge in [0.25, 0.3) is 0 Å². The molecule has 0 amide bonds. The second-order valence-electron chi connectivity index (χ2n) is 5.30. The lowest BCUT2D eigenvalue weighted by Crippen LogP contribution is -2.25. The average molecular weight is 334 g/mol. The fraction of sp³-hybridized carbons (Fsp3) is 0.438. The van der Waals surface area contributed by atoms with Crippen molar-refractivity contribution in [2.24, 2.45) is 0 Å². The van der Waals surface area contributed by atoms with Gasteiger partial charge in [0, 0.05) is 35.2 Å². The maximum absolute atomic E-state index is 4.87. The van der Waals surface area contributed by atoms with E-state index in [0.29, 0.717) is 0 Å². The summed E-state index contributed by atoms with van der Waals surface area (Å²) in [6, 6.07) is 8.40. The van der Waals surface area contributed by atoms with Crippen molar-refractivity contribution in [2.45, 2.75) is 39.3 Å². The highest BCUT2D eigenvalue weighted by atomic mass is 79.9. The highest BCUT2D eigenvalue weighted by molar-refractivity contribution is 9.10. The normalized spacial score (nSPS) is 14.3. The molecule has 1 aromatic carbocycles. The van der Waals surface area contributed by atoms with Crippen molar-refractivity contribution in [3.8, 4) is 0 Å². The van der Waals surface area contributed by atoms with Crippen LogP contribution in [0.4, 0.5) is 0 Å². The molecule has 1 aliphatic heterocycles. The van der Waals surface area contributed by atoms with Gasteiger partial charge in [-0.1, -0.05) is 47.5 Å². The highest BCUT2D eigenvalue weighted by Gasteiger charge is 2.20. The smallest absolute Gasteiger partial charge is 0.0673 e. The summed E-state index contributed by atoms with van der Waals surface area (Å²) in [5, 5.41) is 8.34. The number of aryl methyl sites for hydroxylation is 1. The van der Waals surface area contributed by atoms with Crippen LogP contribution in [0, 0.1) is 0 Å². The van der Waals surface area contributed by atoms with E-state index in [9.17, 15) is 0 Å². The molecule has 2 heterocycles. The molecule has 0 saturated carbocycles. The molecule has 0 saturated heterocycles. The van der Waals surface area contributed by atoms with E-state index in [1.54, 1.807) is 0 Å².